The summed E-state index contributed by atoms with van der Waals surface area (Å²) in [6.07, 6.45) is 3.42. The number of halogens is 1. The molecule has 4 rings (SSSR count). The summed E-state index contributed by atoms with van der Waals surface area (Å²) in [5.41, 5.74) is 3.68. The second-order valence-corrected chi connectivity index (χ2v) is 6.46. The minimum atomic E-state index is -0.607. The van der Waals surface area contributed by atoms with Crippen molar-refractivity contribution < 1.29 is 14.3 Å². The molecule has 4 aromatic rings. The van der Waals surface area contributed by atoms with Gasteiger partial charge in [-0.1, -0.05) is 18.2 Å². The Labute approximate surface area is 165 Å². The third kappa shape index (κ3) is 3.83. The van der Waals surface area contributed by atoms with Gasteiger partial charge in [0.25, 0.3) is 5.91 Å². The van der Waals surface area contributed by atoms with Gasteiger partial charge in [-0.05, 0) is 53.1 Å². The highest BCUT2D eigenvalue weighted by atomic mass is 19.1. The third-order valence-electron chi connectivity index (χ3n) is 4.41. The minimum Gasteiger partial charge on any atom is -0.392 e. The van der Waals surface area contributed by atoms with E-state index in [-0.39, 0.29) is 23.6 Å². The fourth-order valence-electron chi connectivity index (χ4n) is 3.04. The average molecular weight is 386 g/mol. The first-order valence-electron chi connectivity index (χ1n) is 8.77. The highest BCUT2D eigenvalue weighted by molar-refractivity contribution is 6.03. The normalized spacial score (nSPS) is 10.7. The Morgan fingerprint density at radius 3 is 2.79 bits per heavy atom. The first-order chi connectivity index (χ1) is 14.1. The zero-order chi connectivity index (χ0) is 20.4. The molecule has 0 atom stereocenters. The molecule has 0 radical (unpaired) electrons. The van der Waals surface area contributed by atoms with Crippen LogP contribution in [0.1, 0.15) is 21.6 Å². The topological polar surface area (TPSA) is 90.4 Å². The first kappa shape index (κ1) is 18.3. The molecule has 0 aliphatic rings. The number of aliphatic hydroxyl groups excluding tert-OH is 1. The van der Waals surface area contributed by atoms with Gasteiger partial charge in [-0.2, -0.15) is 5.26 Å². The summed E-state index contributed by atoms with van der Waals surface area (Å²) in [6, 6.07) is 16.7. The molecule has 0 aliphatic carbocycles. The number of hydrogen-bond acceptors (Lipinski definition) is 4. The molecule has 2 heterocycles. The summed E-state index contributed by atoms with van der Waals surface area (Å²) in [5, 5.41) is 20.8. The van der Waals surface area contributed by atoms with Gasteiger partial charge in [-0.3, -0.25) is 4.79 Å². The standard InChI is InChI=1S/C22H15FN4O2/c23-18-7-15(10-24)8-19(9-18)25-22(29)20-12-27-11-17(4-5-21(27)26-20)16-3-1-2-14(6-16)13-28/h1-9,11-12,28H,13H2,(H,25,29). The lowest BCUT2D eigenvalue weighted by molar-refractivity contribution is 0.102. The average Bonchev–Trinajstić information content (AvgIpc) is 3.17. The molecule has 0 aliphatic heterocycles. The molecule has 1 amide bonds. The highest BCUT2D eigenvalue weighted by Crippen LogP contribution is 2.22. The molecule has 7 heteroatoms. The number of aliphatic hydroxyl groups is 1. The Morgan fingerprint density at radius 2 is 2.00 bits per heavy atom. The number of hydrogen-bond donors (Lipinski definition) is 2. The van der Waals surface area contributed by atoms with Crippen molar-refractivity contribution >= 4 is 17.2 Å². The first-order valence-corrected chi connectivity index (χ1v) is 8.77. The molecule has 6 nitrogen and oxygen atoms in total. The van der Waals surface area contributed by atoms with Crippen LogP contribution in [0.25, 0.3) is 16.8 Å². The molecular formula is C22H15FN4O2. The van der Waals surface area contributed by atoms with Gasteiger partial charge in [0.15, 0.2) is 0 Å². The number of fused-ring (bicyclic) bond motifs is 1. The molecule has 2 aromatic carbocycles. The number of benzene rings is 2. The summed E-state index contributed by atoms with van der Waals surface area (Å²) in [5.74, 6) is -1.11. The zero-order valence-electron chi connectivity index (χ0n) is 15.1. The van der Waals surface area contributed by atoms with Crippen molar-refractivity contribution in [2.24, 2.45) is 0 Å². The smallest absolute Gasteiger partial charge is 0.275 e. The summed E-state index contributed by atoms with van der Waals surface area (Å²) in [4.78, 5) is 16.8. The van der Waals surface area contributed by atoms with Crippen molar-refractivity contribution in [2.75, 3.05) is 5.32 Å². The van der Waals surface area contributed by atoms with Crippen molar-refractivity contribution in [3.63, 3.8) is 0 Å². The maximum atomic E-state index is 13.6. The molecular weight excluding hydrogens is 371 g/mol. The van der Waals surface area contributed by atoms with Gasteiger partial charge in [-0.25, -0.2) is 9.37 Å². The molecule has 0 fully saturated rings. The number of amides is 1. The number of imidazole rings is 1. The van der Waals surface area contributed by atoms with Crippen LogP contribution in [0, 0.1) is 17.1 Å². The number of carbonyl (C=O) groups excluding carboxylic acids is 1. The van der Waals surface area contributed by atoms with E-state index in [9.17, 15) is 14.3 Å². The molecule has 2 aromatic heterocycles. The maximum absolute atomic E-state index is 13.6. The van der Waals surface area contributed by atoms with Crippen LogP contribution < -0.4 is 5.32 Å². The molecule has 0 bridgehead atoms. The lowest BCUT2D eigenvalue weighted by Crippen LogP contribution is -2.12. The van der Waals surface area contributed by atoms with E-state index >= 15 is 0 Å². The van der Waals surface area contributed by atoms with E-state index in [1.165, 1.54) is 6.07 Å². The van der Waals surface area contributed by atoms with Gasteiger partial charge in [0.1, 0.15) is 17.2 Å². The Hall–Kier alpha value is -4.02. The van der Waals surface area contributed by atoms with Crippen molar-refractivity contribution in [3.8, 4) is 17.2 Å². The molecule has 0 saturated carbocycles. The molecule has 0 spiro atoms. The SMILES string of the molecule is N#Cc1cc(F)cc(NC(=O)c2cn3cc(-c4cccc(CO)c4)ccc3n2)c1. The van der Waals surface area contributed by atoms with Gasteiger partial charge in [0, 0.05) is 18.1 Å². The van der Waals surface area contributed by atoms with Gasteiger partial charge in [0.2, 0.25) is 0 Å². The van der Waals surface area contributed by atoms with Crippen molar-refractivity contribution in [1.82, 2.24) is 9.38 Å². The number of rotatable bonds is 4. The highest BCUT2D eigenvalue weighted by Gasteiger charge is 2.13. The van der Waals surface area contributed by atoms with Gasteiger partial charge in [0.05, 0.1) is 18.2 Å². The Balaban J connectivity index is 1.63. The quantitative estimate of drug-likeness (QED) is 0.559. The molecule has 0 saturated heterocycles. The van der Waals surface area contributed by atoms with Crippen molar-refractivity contribution in [3.05, 3.63) is 89.6 Å². The van der Waals surface area contributed by atoms with Crippen LogP contribution in [0.15, 0.2) is 67.0 Å². The lowest BCUT2D eigenvalue weighted by atomic mass is 10.1. The number of anilines is 1. The molecule has 2 N–H and O–H groups in total. The second kappa shape index (κ2) is 7.54. The van der Waals surface area contributed by atoms with E-state index in [0.717, 1.165) is 28.8 Å². The van der Waals surface area contributed by atoms with Gasteiger partial charge >= 0.3 is 0 Å². The van der Waals surface area contributed by atoms with E-state index in [2.05, 4.69) is 10.3 Å². The Morgan fingerprint density at radius 1 is 1.14 bits per heavy atom. The van der Waals surface area contributed by atoms with Crippen LogP contribution in [-0.4, -0.2) is 20.4 Å². The maximum Gasteiger partial charge on any atom is 0.275 e. The number of nitriles is 1. The monoisotopic (exact) mass is 386 g/mol. The number of nitrogens with one attached hydrogen (secondary N) is 1. The Kier molecular flexibility index (Phi) is 4.77. The van der Waals surface area contributed by atoms with Crippen molar-refractivity contribution in [2.45, 2.75) is 6.61 Å². The van der Waals surface area contributed by atoms with E-state index in [4.69, 9.17) is 5.26 Å². The van der Waals surface area contributed by atoms with Gasteiger partial charge in [-0.15, -0.1) is 0 Å². The molecule has 0 unspecified atom stereocenters. The molecule has 29 heavy (non-hydrogen) atoms. The van der Waals surface area contributed by atoms with Crippen LogP contribution >= 0.6 is 0 Å². The second-order valence-electron chi connectivity index (χ2n) is 6.46. The van der Waals surface area contributed by atoms with Crippen LogP contribution in [0.3, 0.4) is 0 Å². The molecule has 142 valence electrons. The van der Waals surface area contributed by atoms with E-state index in [1.54, 1.807) is 16.7 Å². The minimum absolute atomic E-state index is 0.0426. The van der Waals surface area contributed by atoms with E-state index in [0.29, 0.717) is 5.65 Å². The Bertz CT molecular complexity index is 1270. The third-order valence-corrected chi connectivity index (χ3v) is 4.41. The largest absolute Gasteiger partial charge is 0.392 e. The lowest BCUT2D eigenvalue weighted by Gasteiger charge is -2.04. The van der Waals surface area contributed by atoms with E-state index < -0.39 is 11.7 Å². The zero-order valence-corrected chi connectivity index (χ0v) is 15.1. The summed E-state index contributed by atoms with van der Waals surface area (Å²) in [6.45, 7) is -0.0426. The number of carbonyl (C=O) groups is 1. The summed E-state index contributed by atoms with van der Waals surface area (Å²) < 4.78 is 15.3. The van der Waals surface area contributed by atoms with E-state index in [1.807, 2.05) is 42.6 Å². The van der Waals surface area contributed by atoms with Crippen LogP contribution in [-0.2, 0) is 6.61 Å². The van der Waals surface area contributed by atoms with Gasteiger partial charge < -0.3 is 14.8 Å². The fourth-order valence-corrected chi connectivity index (χ4v) is 3.04. The number of nitrogens with zero attached hydrogens (tertiary/aromatic N) is 3. The van der Waals surface area contributed by atoms with Crippen LogP contribution in [0.4, 0.5) is 10.1 Å². The number of pyridine rings is 1. The van der Waals surface area contributed by atoms with Crippen molar-refractivity contribution in [1.29, 1.82) is 5.26 Å². The predicted molar refractivity (Wildman–Crippen MR) is 106 cm³/mol. The fraction of sp³-hybridized carbons (Fsp3) is 0.0455. The van der Waals surface area contributed by atoms with Crippen LogP contribution in [0.5, 0.6) is 0 Å². The summed E-state index contributed by atoms with van der Waals surface area (Å²) >= 11 is 0. The predicted octanol–water partition coefficient (Wildman–Crippen LogP) is 3.76. The number of aromatic nitrogens is 2. The van der Waals surface area contributed by atoms with Crippen LogP contribution in [0.2, 0.25) is 0 Å². The summed E-state index contributed by atoms with van der Waals surface area (Å²) in [7, 11) is 0.